The maximum absolute atomic E-state index is 13.3. The number of nitrogens with zero attached hydrogens (tertiary/aromatic N) is 5. The maximum atomic E-state index is 13.3. The summed E-state index contributed by atoms with van der Waals surface area (Å²) in [6.07, 6.45) is 3.26. The van der Waals surface area contributed by atoms with E-state index in [9.17, 15) is 4.79 Å². The molecule has 3 aromatic rings. The van der Waals surface area contributed by atoms with E-state index in [-0.39, 0.29) is 11.9 Å². The molecule has 1 aliphatic heterocycles. The average molecular weight is 347 g/mol. The molecule has 1 aromatic heterocycles. The van der Waals surface area contributed by atoms with E-state index in [0.717, 1.165) is 18.8 Å². The third-order valence-corrected chi connectivity index (χ3v) is 4.84. The Morgan fingerprint density at radius 3 is 2.54 bits per heavy atom. The summed E-state index contributed by atoms with van der Waals surface area (Å²) in [5.74, 6) is 0.0573. The van der Waals surface area contributed by atoms with Crippen LogP contribution in [0.15, 0.2) is 67.3 Å². The minimum absolute atomic E-state index is 0.0565. The lowest BCUT2D eigenvalue weighted by molar-refractivity contribution is 0.0498. The van der Waals surface area contributed by atoms with Crippen LogP contribution in [0.1, 0.15) is 22.0 Å². The van der Waals surface area contributed by atoms with E-state index in [0.29, 0.717) is 12.1 Å². The topological polar surface area (TPSA) is 54.3 Å². The Bertz CT molecular complexity index is 878. The van der Waals surface area contributed by atoms with Gasteiger partial charge in [-0.15, -0.1) is 10.2 Å². The van der Waals surface area contributed by atoms with Crippen molar-refractivity contribution in [1.29, 1.82) is 0 Å². The van der Waals surface area contributed by atoms with Gasteiger partial charge in [-0.25, -0.2) is 0 Å². The van der Waals surface area contributed by atoms with Gasteiger partial charge in [0.05, 0.1) is 6.04 Å². The van der Waals surface area contributed by atoms with Crippen molar-refractivity contribution in [3.8, 4) is 5.69 Å². The van der Waals surface area contributed by atoms with Gasteiger partial charge in [-0.05, 0) is 30.8 Å². The van der Waals surface area contributed by atoms with Crippen molar-refractivity contribution >= 4 is 5.91 Å². The van der Waals surface area contributed by atoms with E-state index < -0.39 is 0 Å². The molecule has 0 spiro atoms. The smallest absolute Gasteiger partial charge is 0.254 e. The van der Waals surface area contributed by atoms with Crippen molar-refractivity contribution in [3.05, 3.63) is 78.4 Å². The van der Waals surface area contributed by atoms with Gasteiger partial charge in [0, 0.05) is 30.9 Å². The molecular formula is C20H21N5O. The Kier molecular flexibility index (Phi) is 4.50. The summed E-state index contributed by atoms with van der Waals surface area (Å²) >= 11 is 0. The standard InChI is InChI=1S/C20H21N5O/c1-23-10-11-25(19(13-23)16-6-3-2-4-7-16)20(26)17-8-5-9-18(12-17)24-14-21-22-15-24/h2-9,12,14-15,19H,10-11,13H2,1H3. The summed E-state index contributed by atoms with van der Waals surface area (Å²) in [6.45, 7) is 2.42. The average Bonchev–Trinajstić information content (AvgIpc) is 3.23. The number of piperazine rings is 1. The Labute approximate surface area is 152 Å². The van der Waals surface area contributed by atoms with Crippen molar-refractivity contribution in [1.82, 2.24) is 24.6 Å². The molecule has 0 aliphatic carbocycles. The SMILES string of the molecule is CN1CCN(C(=O)c2cccc(-n3cnnc3)c2)C(c2ccccc2)C1. The fraction of sp³-hybridized carbons (Fsp3) is 0.250. The van der Waals surface area contributed by atoms with Crippen molar-refractivity contribution in [2.24, 2.45) is 0 Å². The van der Waals surface area contributed by atoms with Crippen LogP contribution in [-0.2, 0) is 0 Å². The fourth-order valence-electron chi connectivity index (χ4n) is 3.42. The van der Waals surface area contributed by atoms with E-state index in [1.807, 2.05) is 47.4 Å². The van der Waals surface area contributed by atoms with Gasteiger partial charge in [-0.2, -0.15) is 0 Å². The summed E-state index contributed by atoms with van der Waals surface area (Å²) in [4.78, 5) is 17.5. The highest BCUT2D eigenvalue weighted by molar-refractivity contribution is 5.95. The van der Waals surface area contributed by atoms with Crippen molar-refractivity contribution < 1.29 is 4.79 Å². The van der Waals surface area contributed by atoms with Crippen LogP contribution in [0.25, 0.3) is 5.69 Å². The number of hydrogen-bond acceptors (Lipinski definition) is 4. The van der Waals surface area contributed by atoms with Gasteiger partial charge in [-0.1, -0.05) is 36.4 Å². The van der Waals surface area contributed by atoms with Crippen molar-refractivity contribution in [2.45, 2.75) is 6.04 Å². The van der Waals surface area contributed by atoms with Gasteiger partial charge in [-0.3, -0.25) is 9.36 Å². The summed E-state index contributed by atoms with van der Waals surface area (Å²) < 4.78 is 1.80. The molecule has 0 saturated carbocycles. The highest BCUT2D eigenvalue weighted by atomic mass is 16.2. The predicted molar refractivity (Wildman–Crippen MR) is 99.1 cm³/mol. The lowest BCUT2D eigenvalue weighted by Gasteiger charge is -2.40. The molecule has 1 atom stereocenters. The van der Waals surface area contributed by atoms with Crippen molar-refractivity contribution in [3.63, 3.8) is 0 Å². The molecule has 0 bridgehead atoms. The van der Waals surface area contributed by atoms with Gasteiger partial charge in [0.15, 0.2) is 0 Å². The summed E-state index contributed by atoms with van der Waals surface area (Å²) in [7, 11) is 2.10. The van der Waals surface area contributed by atoms with E-state index in [1.54, 1.807) is 17.2 Å². The molecular weight excluding hydrogens is 326 g/mol. The molecule has 2 aromatic carbocycles. The summed E-state index contributed by atoms with van der Waals surface area (Å²) in [5, 5.41) is 7.67. The highest BCUT2D eigenvalue weighted by Gasteiger charge is 2.30. The van der Waals surface area contributed by atoms with Crippen LogP contribution in [0.3, 0.4) is 0 Å². The number of aromatic nitrogens is 3. The second kappa shape index (κ2) is 7.09. The van der Waals surface area contributed by atoms with Crippen LogP contribution in [0.5, 0.6) is 0 Å². The van der Waals surface area contributed by atoms with Crippen LogP contribution in [-0.4, -0.2) is 57.2 Å². The number of rotatable bonds is 3. The van der Waals surface area contributed by atoms with E-state index in [4.69, 9.17) is 0 Å². The van der Waals surface area contributed by atoms with E-state index in [1.165, 1.54) is 5.56 Å². The molecule has 1 saturated heterocycles. The molecule has 6 nitrogen and oxygen atoms in total. The number of carbonyl (C=O) groups excluding carboxylic acids is 1. The van der Waals surface area contributed by atoms with Crippen LogP contribution < -0.4 is 0 Å². The third-order valence-electron chi connectivity index (χ3n) is 4.84. The van der Waals surface area contributed by atoms with Crippen LogP contribution in [0, 0.1) is 0 Å². The first-order chi connectivity index (χ1) is 12.7. The van der Waals surface area contributed by atoms with E-state index >= 15 is 0 Å². The lowest BCUT2D eigenvalue weighted by Crippen LogP contribution is -2.49. The highest BCUT2D eigenvalue weighted by Crippen LogP contribution is 2.27. The molecule has 2 heterocycles. The quantitative estimate of drug-likeness (QED) is 0.730. The Hall–Kier alpha value is -2.99. The molecule has 1 fully saturated rings. The zero-order valence-electron chi connectivity index (χ0n) is 14.7. The largest absolute Gasteiger partial charge is 0.329 e. The third kappa shape index (κ3) is 3.23. The van der Waals surface area contributed by atoms with Gasteiger partial charge in [0.25, 0.3) is 5.91 Å². The lowest BCUT2D eigenvalue weighted by atomic mass is 10.0. The van der Waals surface area contributed by atoms with Crippen LogP contribution in [0.2, 0.25) is 0 Å². The number of likely N-dealkylation sites (N-methyl/N-ethyl adjacent to an activating group) is 1. The van der Waals surface area contributed by atoms with Gasteiger partial charge >= 0.3 is 0 Å². The number of hydrogen-bond donors (Lipinski definition) is 0. The Balaban J connectivity index is 1.65. The first-order valence-electron chi connectivity index (χ1n) is 8.72. The zero-order chi connectivity index (χ0) is 17.9. The fourth-order valence-corrected chi connectivity index (χ4v) is 3.42. The van der Waals surface area contributed by atoms with Gasteiger partial charge in [0.1, 0.15) is 12.7 Å². The van der Waals surface area contributed by atoms with Gasteiger partial charge < -0.3 is 9.80 Å². The van der Waals surface area contributed by atoms with Crippen LogP contribution in [0.4, 0.5) is 0 Å². The second-order valence-electron chi connectivity index (χ2n) is 6.61. The molecule has 6 heteroatoms. The normalized spacial score (nSPS) is 18.0. The summed E-state index contributed by atoms with van der Waals surface area (Å²) in [5.41, 5.74) is 2.73. The van der Waals surface area contributed by atoms with Crippen molar-refractivity contribution in [2.75, 3.05) is 26.7 Å². The molecule has 4 rings (SSSR count). The zero-order valence-corrected chi connectivity index (χ0v) is 14.7. The number of carbonyl (C=O) groups is 1. The Morgan fingerprint density at radius 1 is 1.00 bits per heavy atom. The minimum Gasteiger partial charge on any atom is -0.329 e. The monoisotopic (exact) mass is 347 g/mol. The molecule has 0 N–H and O–H groups in total. The number of amides is 1. The first-order valence-corrected chi connectivity index (χ1v) is 8.72. The van der Waals surface area contributed by atoms with Crippen LogP contribution >= 0.6 is 0 Å². The molecule has 26 heavy (non-hydrogen) atoms. The molecule has 1 amide bonds. The first kappa shape index (κ1) is 16.5. The van der Waals surface area contributed by atoms with Gasteiger partial charge in [0.2, 0.25) is 0 Å². The Morgan fingerprint density at radius 2 is 1.77 bits per heavy atom. The minimum atomic E-state index is 0.0565. The van der Waals surface area contributed by atoms with E-state index in [2.05, 4.69) is 34.3 Å². The molecule has 1 aliphatic rings. The predicted octanol–water partition coefficient (Wildman–Crippen LogP) is 2.40. The molecule has 132 valence electrons. The molecule has 0 radical (unpaired) electrons. The number of benzene rings is 2. The molecule has 1 unspecified atom stereocenters. The maximum Gasteiger partial charge on any atom is 0.254 e. The second-order valence-corrected chi connectivity index (χ2v) is 6.61. The summed E-state index contributed by atoms with van der Waals surface area (Å²) in [6, 6.07) is 17.9.